The normalized spacial score (nSPS) is 13.1. The number of likely N-dealkylation sites (N-methyl/N-ethyl adjacent to an activating group) is 4. The van der Waals surface area contributed by atoms with Crippen LogP contribution in [0.15, 0.2) is 0 Å². The second kappa shape index (κ2) is 25.1. The summed E-state index contributed by atoms with van der Waals surface area (Å²) in [5.41, 5.74) is 0. The third kappa shape index (κ3) is 22.3. The first kappa shape index (κ1) is 40.7. The second-order valence-corrected chi connectivity index (χ2v) is 18.9. The molecule has 0 aliphatic carbocycles. The van der Waals surface area contributed by atoms with Crippen molar-refractivity contribution < 1.29 is 26.6 Å². The number of hydrogen-bond acceptors (Lipinski definition) is 12. The maximum absolute atomic E-state index is 6.34. The van der Waals surface area contributed by atoms with E-state index in [0.29, 0.717) is 39.6 Å². The molecule has 0 saturated heterocycles. The van der Waals surface area contributed by atoms with Crippen LogP contribution in [0.2, 0.25) is 12.1 Å². The fraction of sp³-hybridized carbons (Fsp3) is 1.00. The van der Waals surface area contributed by atoms with Crippen molar-refractivity contribution in [1.29, 1.82) is 0 Å². The van der Waals surface area contributed by atoms with Gasteiger partial charge in [-0.1, -0.05) is 21.6 Å². The summed E-state index contributed by atoms with van der Waals surface area (Å²) >= 11 is 0. The van der Waals surface area contributed by atoms with E-state index in [1.165, 1.54) is 0 Å². The molecule has 0 amide bonds. The summed E-state index contributed by atoms with van der Waals surface area (Å²) in [5.74, 6) is 2.07. The van der Waals surface area contributed by atoms with Crippen molar-refractivity contribution >= 4 is 39.2 Å². The molecule has 0 aromatic carbocycles. The van der Waals surface area contributed by atoms with Gasteiger partial charge in [0.05, 0.1) is 26.4 Å². The minimum atomic E-state index is -2.71. The van der Waals surface area contributed by atoms with Gasteiger partial charge in [0.15, 0.2) is 0 Å². The van der Waals surface area contributed by atoms with E-state index < -0.39 is 17.6 Å². The average Bonchev–Trinajstić information content (AvgIpc) is 2.85. The average molecular weight is 647 g/mol. The maximum atomic E-state index is 6.34. The molecule has 0 N–H and O–H groups in total. The van der Waals surface area contributed by atoms with Crippen molar-refractivity contribution in [3.05, 3.63) is 0 Å². The molecule has 0 bridgehead atoms. The largest absolute Gasteiger partial charge is 0.501 e. The van der Waals surface area contributed by atoms with Crippen molar-refractivity contribution in [2.75, 3.05) is 134 Å². The lowest BCUT2D eigenvalue weighted by Crippen LogP contribution is -2.48. The molecule has 0 saturated carbocycles. The van der Waals surface area contributed by atoms with Gasteiger partial charge in [0.25, 0.3) is 0 Å². The summed E-state index contributed by atoms with van der Waals surface area (Å²) in [5, 5.41) is 0. The predicted molar refractivity (Wildman–Crippen MR) is 177 cm³/mol. The molecule has 0 heterocycles. The lowest BCUT2D eigenvalue weighted by atomic mass is 10.6. The Hall–Kier alpha value is 0.734. The van der Waals surface area contributed by atoms with E-state index in [1.807, 2.05) is 35.4 Å². The van der Waals surface area contributed by atoms with Gasteiger partial charge >= 0.3 is 17.6 Å². The zero-order valence-corrected chi connectivity index (χ0v) is 31.0. The fourth-order valence-electron chi connectivity index (χ4n) is 3.47. The number of nitrogens with zero attached hydrogens (tertiary/aromatic N) is 4. The Labute approximate surface area is 257 Å². The number of rotatable bonds is 29. The van der Waals surface area contributed by atoms with Gasteiger partial charge in [0.1, 0.15) is 0 Å². The molecule has 0 aliphatic rings. The van der Waals surface area contributed by atoms with Gasteiger partial charge in [-0.05, 0) is 83.1 Å². The van der Waals surface area contributed by atoms with Crippen LogP contribution in [0.4, 0.5) is 0 Å². The van der Waals surface area contributed by atoms with Crippen LogP contribution >= 0.6 is 21.6 Å². The molecular weight excluding hydrogens is 585 g/mol. The van der Waals surface area contributed by atoms with Gasteiger partial charge in [-0.15, -0.1) is 0 Å². The summed E-state index contributed by atoms with van der Waals surface area (Å²) in [6, 6.07) is 1.68. The molecule has 0 aliphatic heterocycles. The minimum absolute atomic E-state index is 0.608. The van der Waals surface area contributed by atoms with Gasteiger partial charge < -0.3 is 46.2 Å². The Morgan fingerprint density at radius 1 is 0.450 bits per heavy atom. The highest BCUT2D eigenvalue weighted by Crippen LogP contribution is 2.28. The van der Waals surface area contributed by atoms with Gasteiger partial charge in [-0.25, -0.2) is 0 Å². The molecular formula is C26H62N4O6S2Si2. The molecule has 14 heteroatoms. The van der Waals surface area contributed by atoms with E-state index in [9.17, 15) is 0 Å². The Morgan fingerprint density at radius 3 is 0.950 bits per heavy atom. The molecule has 0 radical (unpaired) electrons. The van der Waals surface area contributed by atoms with Gasteiger partial charge in [0, 0.05) is 63.0 Å². The maximum Gasteiger partial charge on any atom is 0.501 e. The third-order valence-electron chi connectivity index (χ3n) is 5.68. The van der Waals surface area contributed by atoms with Crippen LogP contribution in [-0.2, 0) is 26.6 Å². The van der Waals surface area contributed by atoms with Gasteiger partial charge in [-0.3, -0.25) is 0 Å². The van der Waals surface area contributed by atoms with Crippen molar-refractivity contribution in [3.8, 4) is 0 Å². The molecule has 0 spiro atoms. The second-order valence-electron chi connectivity index (χ2n) is 10.7. The van der Waals surface area contributed by atoms with Crippen molar-refractivity contribution in [2.45, 2.75) is 38.8 Å². The summed E-state index contributed by atoms with van der Waals surface area (Å²) in [4.78, 5) is 8.50. The van der Waals surface area contributed by atoms with E-state index in [-0.39, 0.29) is 0 Å². The van der Waals surface area contributed by atoms with Gasteiger partial charge in [-0.2, -0.15) is 0 Å². The number of hydrogen-bond donors (Lipinski definition) is 0. The Morgan fingerprint density at radius 2 is 0.725 bits per heavy atom. The molecule has 0 aromatic heterocycles. The van der Waals surface area contributed by atoms with E-state index in [2.05, 4.69) is 76.0 Å². The first-order valence-corrected chi connectivity index (χ1v) is 21.0. The predicted octanol–water partition coefficient (Wildman–Crippen LogP) is 3.41. The SMILES string of the molecule is CCO[Si](CCCSSCCC[Si](OCC)(OCCN(C)C)OCCN(C)C)(OCCN(C)C)OCCN(C)C. The van der Waals surface area contributed by atoms with Crippen LogP contribution in [0.3, 0.4) is 0 Å². The summed E-state index contributed by atoms with van der Waals surface area (Å²) < 4.78 is 37.7. The van der Waals surface area contributed by atoms with Gasteiger partial charge in [0.2, 0.25) is 0 Å². The standard InChI is InChI=1S/C26H62N4O6S2Si2/c1-11-31-39(33-19-15-27(3)4,34-20-16-28(5)6)25-13-23-37-38-24-14-26-40(32-12-2,35-21-17-29(7)8)36-22-18-30(9)10/h11-26H2,1-10H3. The smallest absolute Gasteiger partial charge is 0.374 e. The van der Waals surface area contributed by atoms with Crippen LogP contribution in [-0.4, -0.2) is 171 Å². The zero-order chi connectivity index (χ0) is 30.3. The van der Waals surface area contributed by atoms with Crippen LogP contribution in [0.25, 0.3) is 0 Å². The molecule has 0 fully saturated rings. The van der Waals surface area contributed by atoms with Crippen LogP contribution in [0.1, 0.15) is 26.7 Å². The summed E-state index contributed by atoms with van der Waals surface area (Å²) in [6.07, 6.45) is 2.01. The van der Waals surface area contributed by atoms with Crippen molar-refractivity contribution in [2.24, 2.45) is 0 Å². The Balaban J connectivity index is 4.74. The highest BCUT2D eigenvalue weighted by molar-refractivity contribution is 8.76. The molecule has 40 heavy (non-hydrogen) atoms. The molecule has 10 nitrogen and oxygen atoms in total. The van der Waals surface area contributed by atoms with E-state index in [0.717, 1.165) is 62.6 Å². The highest BCUT2D eigenvalue weighted by Gasteiger charge is 2.41. The summed E-state index contributed by atoms with van der Waals surface area (Å²) in [6.45, 7) is 11.2. The first-order valence-electron chi connectivity index (χ1n) is 14.7. The van der Waals surface area contributed by atoms with Crippen molar-refractivity contribution in [1.82, 2.24) is 19.6 Å². The molecule has 0 unspecified atom stereocenters. The fourth-order valence-corrected chi connectivity index (χ4v) is 11.2. The highest BCUT2D eigenvalue weighted by atomic mass is 33.1. The Bertz CT molecular complexity index is 511. The van der Waals surface area contributed by atoms with Crippen molar-refractivity contribution in [3.63, 3.8) is 0 Å². The lowest BCUT2D eigenvalue weighted by molar-refractivity contribution is 0.0536. The van der Waals surface area contributed by atoms with E-state index in [1.54, 1.807) is 0 Å². The molecule has 0 rings (SSSR count). The van der Waals surface area contributed by atoms with E-state index in [4.69, 9.17) is 26.6 Å². The first-order chi connectivity index (χ1) is 19.0. The topological polar surface area (TPSA) is 68.3 Å². The van der Waals surface area contributed by atoms with E-state index >= 15 is 0 Å². The Kier molecular flexibility index (Phi) is 25.6. The van der Waals surface area contributed by atoms with Crippen LogP contribution in [0.5, 0.6) is 0 Å². The molecule has 0 aromatic rings. The minimum Gasteiger partial charge on any atom is -0.374 e. The zero-order valence-electron chi connectivity index (χ0n) is 27.4. The quantitative estimate of drug-likeness (QED) is 0.0680. The van der Waals surface area contributed by atoms with Crippen LogP contribution < -0.4 is 0 Å². The monoisotopic (exact) mass is 646 g/mol. The molecule has 0 atom stereocenters. The lowest BCUT2D eigenvalue weighted by Gasteiger charge is -2.30. The summed E-state index contributed by atoms with van der Waals surface area (Å²) in [7, 11) is 14.9. The van der Waals surface area contributed by atoms with Crippen LogP contribution in [0, 0.1) is 0 Å². The third-order valence-corrected chi connectivity index (χ3v) is 14.2. The molecule has 242 valence electrons.